The Bertz CT molecular complexity index is 150. The van der Waals surface area contributed by atoms with Crippen LogP contribution in [0.5, 0.6) is 0 Å². The molecule has 5 atom stereocenters. The predicted molar refractivity (Wildman–Crippen MR) is 39.6 cm³/mol. The fourth-order valence-electron chi connectivity index (χ4n) is 1.06. The molecule has 1 saturated heterocycles. The molecule has 0 aromatic rings. The first-order valence-electron chi connectivity index (χ1n) is 3.51. The van der Waals surface area contributed by atoms with Crippen LogP contribution in [0.2, 0.25) is 0 Å². The van der Waals surface area contributed by atoms with E-state index in [0.717, 1.165) is 0 Å². The van der Waals surface area contributed by atoms with Crippen molar-refractivity contribution in [1.29, 1.82) is 0 Å². The second kappa shape index (κ2) is 3.87. The zero-order valence-electron chi connectivity index (χ0n) is 6.17. The molecule has 4 N–H and O–H groups in total. The Kier molecular flexibility index (Phi) is 3.28. The van der Waals surface area contributed by atoms with Crippen molar-refractivity contribution in [3.05, 3.63) is 0 Å². The molecule has 1 aliphatic rings. The largest absolute Gasteiger partial charge is 0.388 e. The predicted octanol–water partition coefficient (Wildman–Crippen LogP) is -1.97. The maximum atomic E-state index is 9.20. The first-order valence-corrected chi connectivity index (χ1v) is 4.05. The molecule has 0 radical (unpaired) electrons. The van der Waals surface area contributed by atoms with Crippen molar-refractivity contribution in [3.63, 3.8) is 0 Å². The SMILES string of the molecule is OC1OC(CCl)[C@H](O)C(O)C1O. The molecule has 12 heavy (non-hydrogen) atoms. The van der Waals surface area contributed by atoms with E-state index in [1.807, 2.05) is 0 Å². The first kappa shape index (κ1) is 10.2. The van der Waals surface area contributed by atoms with Gasteiger partial charge in [-0.1, -0.05) is 0 Å². The summed E-state index contributed by atoms with van der Waals surface area (Å²) in [5.74, 6) is -0.0536. The van der Waals surface area contributed by atoms with E-state index in [-0.39, 0.29) is 5.88 Å². The molecule has 5 nitrogen and oxygen atoms in total. The minimum absolute atomic E-state index is 0.0536. The van der Waals surface area contributed by atoms with Gasteiger partial charge in [-0.2, -0.15) is 0 Å². The van der Waals surface area contributed by atoms with E-state index in [2.05, 4.69) is 0 Å². The average Bonchev–Trinajstić information content (AvgIpc) is 2.08. The third kappa shape index (κ3) is 1.71. The van der Waals surface area contributed by atoms with Crippen LogP contribution in [-0.4, -0.2) is 57.0 Å². The molecule has 1 fully saturated rings. The Morgan fingerprint density at radius 1 is 1.00 bits per heavy atom. The van der Waals surface area contributed by atoms with Gasteiger partial charge in [0, 0.05) is 0 Å². The molecule has 0 amide bonds. The molecule has 6 heteroatoms. The van der Waals surface area contributed by atoms with Crippen LogP contribution < -0.4 is 0 Å². The molecule has 72 valence electrons. The van der Waals surface area contributed by atoms with Crippen molar-refractivity contribution < 1.29 is 25.2 Å². The fourth-order valence-corrected chi connectivity index (χ4v) is 1.31. The summed E-state index contributed by atoms with van der Waals surface area (Å²) in [4.78, 5) is 0. The van der Waals surface area contributed by atoms with Gasteiger partial charge in [0.2, 0.25) is 0 Å². The molecule has 1 aliphatic heterocycles. The van der Waals surface area contributed by atoms with E-state index in [0.29, 0.717) is 0 Å². The van der Waals surface area contributed by atoms with Gasteiger partial charge in [0.1, 0.15) is 24.4 Å². The number of ether oxygens (including phenoxy) is 1. The summed E-state index contributed by atoms with van der Waals surface area (Å²) in [5, 5.41) is 36.3. The molecule has 1 heterocycles. The van der Waals surface area contributed by atoms with Crippen molar-refractivity contribution >= 4 is 11.6 Å². The number of halogens is 1. The monoisotopic (exact) mass is 198 g/mol. The number of alkyl halides is 1. The number of rotatable bonds is 1. The summed E-state index contributed by atoms with van der Waals surface area (Å²) >= 11 is 5.36. The lowest BCUT2D eigenvalue weighted by Crippen LogP contribution is -2.57. The summed E-state index contributed by atoms with van der Waals surface area (Å²) in [5.41, 5.74) is 0. The molecule has 0 aromatic heterocycles. The fraction of sp³-hybridized carbons (Fsp3) is 1.00. The van der Waals surface area contributed by atoms with E-state index in [9.17, 15) is 5.11 Å². The summed E-state index contributed by atoms with van der Waals surface area (Å²) in [7, 11) is 0. The maximum Gasteiger partial charge on any atom is 0.184 e. The molecular formula is C6H11ClO5. The average molecular weight is 199 g/mol. The third-order valence-electron chi connectivity index (χ3n) is 1.84. The highest BCUT2D eigenvalue weighted by Crippen LogP contribution is 2.20. The Morgan fingerprint density at radius 2 is 1.58 bits per heavy atom. The minimum atomic E-state index is -1.49. The minimum Gasteiger partial charge on any atom is -0.388 e. The van der Waals surface area contributed by atoms with Gasteiger partial charge in [0.25, 0.3) is 0 Å². The Balaban J connectivity index is 2.63. The summed E-state index contributed by atoms with van der Waals surface area (Å²) in [6, 6.07) is 0. The Labute approximate surface area is 74.2 Å². The van der Waals surface area contributed by atoms with Gasteiger partial charge in [-0.3, -0.25) is 0 Å². The zero-order valence-corrected chi connectivity index (χ0v) is 6.92. The van der Waals surface area contributed by atoms with Gasteiger partial charge in [0.15, 0.2) is 6.29 Å². The summed E-state index contributed by atoms with van der Waals surface area (Å²) in [6.45, 7) is 0. The van der Waals surface area contributed by atoms with Crippen LogP contribution in [0, 0.1) is 0 Å². The van der Waals surface area contributed by atoms with E-state index in [1.54, 1.807) is 0 Å². The van der Waals surface area contributed by atoms with Crippen LogP contribution in [0.25, 0.3) is 0 Å². The van der Waals surface area contributed by atoms with Crippen LogP contribution in [0.15, 0.2) is 0 Å². The lowest BCUT2D eigenvalue weighted by molar-refractivity contribution is -0.276. The van der Waals surface area contributed by atoms with E-state index < -0.39 is 30.7 Å². The molecule has 0 bridgehead atoms. The molecule has 0 saturated carbocycles. The summed E-state index contributed by atoms with van der Waals surface area (Å²) < 4.78 is 4.69. The van der Waals surface area contributed by atoms with Crippen molar-refractivity contribution in [2.45, 2.75) is 30.7 Å². The standard InChI is InChI=1S/C6H11ClO5/c7-1-2-3(8)4(9)5(10)6(11)12-2/h2-6,8-11H,1H2/t2?,3-,4?,5?,6?/m0/s1. The molecule has 0 aromatic carbocycles. The van der Waals surface area contributed by atoms with Crippen molar-refractivity contribution in [3.8, 4) is 0 Å². The van der Waals surface area contributed by atoms with E-state index in [1.165, 1.54) is 0 Å². The second-order valence-corrected chi connectivity index (χ2v) is 3.00. The van der Waals surface area contributed by atoms with Gasteiger partial charge < -0.3 is 25.2 Å². The number of aliphatic hydroxyl groups excluding tert-OH is 4. The van der Waals surface area contributed by atoms with Gasteiger partial charge in [0.05, 0.1) is 5.88 Å². The summed E-state index contributed by atoms with van der Waals surface area (Å²) in [6.07, 6.45) is -6.51. The molecule has 0 spiro atoms. The maximum absolute atomic E-state index is 9.20. The number of hydrogen-bond acceptors (Lipinski definition) is 5. The lowest BCUT2D eigenvalue weighted by atomic mass is 10.0. The molecule has 4 unspecified atom stereocenters. The zero-order chi connectivity index (χ0) is 9.30. The van der Waals surface area contributed by atoms with Crippen LogP contribution >= 0.6 is 11.6 Å². The van der Waals surface area contributed by atoms with Crippen molar-refractivity contribution in [2.75, 3.05) is 5.88 Å². The van der Waals surface area contributed by atoms with Crippen LogP contribution in [0.1, 0.15) is 0 Å². The Hall–Kier alpha value is 0.0900. The highest BCUT2D eigenvalue weighted by atomic mass is 35.5. The number of aliphatic hydroxyl groups is 4. The molecular weight excluding hydrogens is 188 g/mol. The van der Waals surface area contributed by atoms with Gasteiger partial charge >= 0.3 is 0 Å². The van der Waals surface area contributed by atoms with Gasteiger partial charge in [-0.15, -0.1) is 11.6 Å². The quantitative estimate of drug-likeness (QED) is 0.367. The highest BCUT2D eigenvalue weighted by Gasteiger charge is 2.42. The topological polar surface area (TPSA) is 90.2 Å². The van der Waals surface area contributed by atoms with E-state index in [4.69, 9.17) is 31.7 Å². The van der Waals surface area contributed by atoms with E-state index >= 15 is 0 Å². The normalized spacial score (nSPS) is 49.2. The number of hydrogen-bond donors (Lipinski definition) is 4. The molecule has 1 rings (SSSR count). The first-order chi connectivity index (χ1) is 5.57. The van der Waals surface area contributed by atoms with Crippen molar-refractivity contribution in [2.24, 2.45) is 0 Å². The van der Waals surface area contributed by atoms with Crippen LogP contribution in [-0.2, 0) is 4.74 Å². The highest BCUT2D eigenvalue weighted by molar-refractivity contribution is 6.18. The van der Waals surface area contributed by atoms with Gasteiger partial charge in [-0.25, -0.2) is 0 Å². The van der Waals surface area contributed by atoms with Crippen LogP contribution in [0.4, 0.5) is 0 Å². The van der Waals surface area contributed by atoms with Crippen molar-refractivity contribution in [1.82, 2.24) is 0 Å². The Morgan fingerprint density at radius 3 is 2.08 bits per heavy atom. The van der Waals surface area contributed by atoms with Gasteiger partial charge in [-0.05, 0) is 0 Å². The lowest BCUT2D eigenvalue weighted by Gasteiger charge is -2.37. The molecule has 0 aliphatic carbocycles. The second-order valence-electron chi connectivity index (χ2n) is 2.69. The smallest absolute Gasteiger partial charge is 0.184 e. The van der Waals surface area contributed by atoms with Crippen LogP contribution in [0.3, 0.4) is 0 Å². The third-order valence-corrected chi connectivity index (χ3v) is 2.14.